The molecule has 0 fully saturated rings. The van der Waals surface area contributed by atoms with Gasteiger partial charge in [0, 0.05) is 11.6 Å². The van der Waals surface area contributed by atoms with Crippen LogP contribution in [0.25, 0.3) is 0 Å². The number of hydrogen-bond acceptors (Lipinski definition) is 3. The van der Waals surface area contributed by atoms with E-state index < -0.39 is 22.5 Å². The molecule has 5 heteroatoms. The fourth-order valence-electron chi connectivity index (χ4n) is 1.77. The maximum atomic E-state index is 13.4. The molecule has 1 atom stereocenters. The maximum absolute atomic E-state index is 13.4. The summed E-state index contributed by atoms with van der Waals surface area (Å²) in [5, 5.41) is 19.8. The van der Waals surface area contributed by atoms with Gasteiger partial charge in [-0.3, -0.25) is 10.1 Å². The lowest BCUT2D eigenvalue weighted by Gasteiger charge is -2.03. The Balaban J connectivity index is 2.58. The van der Waals surface area contributed by atoms with Crippen molar-refractivity contribution in [3.63, 3.8) is 0 Å². The van der Waals surface area contributed by atoms with E-state index in [2.05, 4.69) is 0 Å². The van der Waals surface area contributed by atoms with E-state index in [1.807, 2.05) is 0 Å². The van der Waals surface area contributed by atoms with Crippen LogP contribution >= 0.6 is 0 Å². The molecule has 0 aliphatic heterocycles. The minimum Gasteiger partial charge on any atom is -0.388 e. The normalized spacial score (nSPS) is 19.4. The molecule has 4 nitrogen and oxygen atoms in total. The average molecular weight is 197 g/mol. The SMILES string of the molecule is O=[N+]([O-])c1ccc2c(c1F)CCC2O. The highest BCUT2D eigenvalue weighted by atomic mass is 19.1. The summed E-state index contributed by atoms with van der Waals surface area (Å²) in [6, 6.07) is 2.52. The second-order valence-corrected chi connectivity index (χ2v) is 3.28. The zero-order chi connectivity index (χ0) is 10.3. The first-order chi connectivity index (χ1) is 6.61. The Labute approximate surface area is 79.1 Å². The average Bonchev–Trinajstić information content (AvgIpc) is 2.49. The van der Waals surface area contributed by atoms with Gasteiger partial charge >= 0.3 is 5.69 Å². The molecule has 1 aliphatic rings. The summed E-state index contributed by atoms with van der Waals surface area (Å²) in [7, 11) is 0. The molecular formula is C9H8FNO3. The fourth-order valence-corrected chi connectivity index (χ4v) is 1.77. The fraction of sp³-hybridized carbons (Fsp3) is 0.333. The van der Waals surface area contributed by atoms with Crippen molar-refractivity contribution in [3.05, 3.63) is 39.2 Å². The van der Waals surface area contributed by atoms with E-state index in [1.165, 1.54) is 6.07 Å². The monoisotopic (exact) mass is 197 g/mol. The summed E-state index contributed by atoms with van der Waals surface area (Å²) in [5.41, 5.74) is 0.248. The number of aliphatic hydroxyl groups excluding tert-OH is 1. The highest BCUT2D eigenvalue weighted by Gasteiger charge is 2.28. The molecule has 1 unspecified atom stereocenters. The molecule has 0 radical (unpaired) electrons. The van der Waals surface area contributed by atoms with E-state index in [0.29, 0.717) is 18.4 Å². The number of halogens is 1. The van der Waals surface area contributed by atoms with E-state index in [0.717, 1.165) is 6.07 Å². The molecule has 0 amide bonds. The van der Waals surface area contributed by atoms with E-state index in [1.54, 1.807) is 0 Å². The third-order valence-corrected chi connectivity index (χ3v) is 2.48. The van der Waals surface area contributed by atoms with Crippen LogP contribution in [0.1, 0.15) is 23.7 Å². The number of rotatable bonds is 1. The molecule has 1 aromatic rings. The Hall–Kier alpha value is -1.49. The molecule has 74 valence electrons. The van der Waals surface area contributed by atoms with Crippen molar-refractivity contribution in [2.75, 3.05) is 0 Å². The highest BCUT2D eigenvalue weighted by molar-refractivity contribution is 5.45. The van der Waals surface area contributed by atoms with Gasteiger partial charge in [0.25, 0.3) is 0 Å². The molecule has 0 heterocycles. The second-order valence-electron chi connectivity index (χ2n) is 3.28. The summed E-state index contributed by atoms with van der Waals surface area (Å²) < 4.78 is 13.4. The van der Waals surface area contributed by atoms with Crippen LogP contribution in [0.4, 0.5) is 10.1 Å². The summed E-state index contributed by atoms with van der Waals surface area (Å²) in [6.45, 7) is 0. The molecule has 1 aliphatic carbocycles. The Morgan fingerprint density at radius 3 is 2.93 bits per heavy atom. The van der Waals surface area contributed by atoms with E-state index >= 15 is 0 Å². The van der Waals surface area contributed by atoms with Gasteiger partial charge in [0.05, 0.1) is 11.0 Å². The summed E-state index contributed by atoms with van der Waals surface area (Å²) in [6.07, 6.45) is 0.123. The van der Waals surface area contributed by atoms with Crippen LogP contribution in [0.3, 0.4) is 0 Å². The van der Waals surface area contributed by atoms with Crippen LogP contribution < -0.4 is 0 Å². The van der Waals surface area contributed by atoms with Crippen molar-refractivity contribution in [1.29, 1.82) is 0 Å². The number of nitro groups is 1. The number of fused-ring (bicyclic) bond motifs is 1. The van der Waals surface area contributed by atoms with Gasteiger partial charge in [-0.05, 0) is 24.5 Å². The van der Waals surface area contributed by atoms with Crippen molar-refractivity contribution < 1.29 is 14.4 Å². The number of nitro benzene ring substituents is 1. The van der Waals surface area contributed by atoms with Gasteiger partial charge in [0.2, 0.25) is 5.82 Å². The molecule has 0 spiro atoms. The topological polar surface area (TPSA) is 63.4 Å². The van der Waals surface area contributed by atoms with E-state index in [4.69, 9.17) is 0 Å². The second kappa shape index (κ2) is 3.02. The molecule has 14 heavy (non-hydrogen) atoms. The Morgan fingerprint density at radius 2 is 2.29 bits per heavy atom. The predicted molar refractivity (Wildman–Crippen MR) is 46.3 cm³/mol. The lowest BCUT2D eigenvalue weighted by molar-refractivity contribution is -0.387. The van der Waals surface area contributed by atoms with Crippen molar-refractivity contribution in [2.45, 2.75) is 18.9 Å². The zero-order valence-electron chi connectivity index (χ0n) is 7.24. The third kappa shape index (κ3) is 1.17. The summed E-state index contributed by atoms with van der Waals surface area (Å²) in [5.74, 6) is -0.802. The predicted octanol–water partition coefficient (Wildman–Crippen LogP) is 1.71. The largest absolute Gasteiger partial charge is 0.388 e. The molecule has 1 aromatic carbocycles. The zero-order valence-corrected chi connectivity index (χ0v) is 7.24. The third-order valence-electron chi connectivity index (χ3n) is 2.48. The quantitative estimate of drug-likeness (QED) is 0.550. The van der Waals surface area contributed by atoms with Crippen LogP contribution in [-0.2, 0) is 6.42 Å². The van der Waals surface area contributed by atoms with Crippen molar-refractivity contribution in [1.82, 2.24) is 0 Å². The lowest BCUT2D eigenvalue weighted by atomic mass is 10.1. The summed E-state index contributed by atoms with van der Waals surface area (Å²) >= 11 is 0. The van der Waals surface area contributed by atoms with E-state index in [9.17, 15) is 19.6 Å². The first-order valence-electron chi connectivity index (χ1n) is 4.25. The first kappa shape index (κ1) is 9.08. The number of nitrogens with zero attached hydrogens (tertiary/aromatic N) is 1. The Morgan fingerprint density at radius 1 is 1.57 bits per heavy atom. The number of hydrogen-bond donors (Lipinski definition) is 1. The molecule has 2 rings (SSSR count). The minimum atomic E-state index is -0.802. The van der Waals surface area contributed by atoms with Crippen molar-refractivity contribution in [2.24, 2.45) is 0 Å². The smallest absolute Gasteiger partial charge is 0.305 e. The number of aliphatic hydroxyl groups is 1. The van der Waals surface area contributed by atoms with Crippen LogP contribution in [-0.4, -0.2) is 10.0 Å². The molecule has 0 aromatic heterocycles. The molecule has 1 N–H and O–H groups in total. The molecule has 0 saturated heterocycles. The Kier molecular flexibility index (Phi) is 1.96. The standard InChI is InChI=1S/C9H8FNO3/c10-9-6-2-4-8(12)5(6)1-3-7(9)11(13)14/h1,3,8,12H,2,4H2. The van der Waals surface area contributed by atoms with Crippen LogP contribution in [0.2, 0.25) is 0 Å². The Bertz CT molecular complexity index is 405. The van der Waals surface area contributed by atoms with Gasteiger partial charge in [-0.1, -0.05) is 0 Å². The highest BCUT2D eigenvalue weighted by Crippen LogP contribution is 2.35. The van der Waals surface area contributed by atoms with Gasteiger partial charge in [-0.2, -0.15) is 4.39 Å². The van der Waals surface area contributed by atoms with Gasteiger partial charge in [0.15, 0.2) is 0 Å². The van der Waals surface area contributed by atoms with Crippen LogP contribution in [0, 0.1) is 15.9 Å². The van der Waals surface area contributed by atoms with Crippen molar-refractivity contribution >= 4 is 5.69 Å². The first-order valence-corrected chi connectivity index (χ1v) is 4.25. The maximum Gasteiger partial charge on any atom is 0.305 e. The van der Waals surface area contributed by atoms with Crippen LogP contribution in [0.15, 0.2) is 12.1 Å². The molecule has 0 saturated carbocycles. The lowest BCUT2D eigenvalue weighted by Crippen LogP contribution is -1.98. The van der Waals surface area contributed by atoms with Gasteiger partial charge in [-0.15, -0.1) is 0 Å². The van der Waals surface area contributed by atoms with Gasteiger partial charge in [0.1, 0.15) is 0 Å². The molecule has 0 bridgehead atoms. The van der Waals surface area contributed by atoms with E-state index in [-0.39, 0.29) is 5.56 Å². The summed E-state index contributed by atoms with van der Waals surface area (Å²) in [4.78, 5) is 9.66. The van der Waals surface area contributed by atoms with Gasteiger partial charge in [-0.25, -0.2) is 0 Å². The number of benzene rings is 1. The van der Waals surface area contributed by atoms with Gasteiger partial charge < -0.3 is 5.11 Å². The minimum absolute atomic E-state index is 0.284. The van der Waals surface area contributed by atoms with Crippen LogP contribution in [0.5, 0.6) is 0 Å². The molecular weight excluding hydrogens is 189 g/mol. The van der Waals surface area contributed by atoms with Crippen molar-refractivity contribution in [3.8, 4) is 0 Å².